The minimum atomic E-state index is -4.54. The molecule has 2 aromatic heterocycles. The van der Waals surface area contributed by atoms with Crippen LogP contribution in [0.4, 0.5) is 19.0 Å². The molecule has 0 bridgehead atoms. The third kappa shape index (κ3) is 4.40. The highest BCUT2D eigenvalue weighted by molar-refractivity contribution is 5.57. The Morgan fingerprint density at radius 3 is 2.17 bits per heavy atom. The van der Waals surface area contributed by atoms with Crippen LogP contribution in [-0.2, 0) is 6.18 Å². The third-order valence-corrected chi connectivity index (χ3v) is 3.62. The number of pyridine rings is 1. The number of nitrogens with one attached hydrogen (secondary N) is 1. The minimum Gasteiger partial charge on any atom is -0.367 e. The molecule has 0 fully saturated rings. The van der Waals surface area contributed by atoms with Gasteiger partial charge in [-0.25, -0.2) is 9.97 Å². The molecule has 2 heterocycles. The van der Waals surface area contributed by atoms with Gasteiger partial charge in [0.2, 0.25) is 0 Å². The lowest BCUT2D eigenvalue weighted by molar-refractivity contribution is -0.141. The Bertz CT molecular complexity index is 663. The fourth-order valence-electron chi connectivity index (χ4n) is 1.73. The summed E-state index contributed by atoms with van der Waals surface area (Å²) < 4.78 is 39.3. The Morgan fingerprint density at radius 2 is 1.65 bits per heavy atom. The summed E-state index contributed by atoms with van der Waals surface area (Å²) in [7, 11) is 0. The van der Waals surface area contributed by atoms with E-state index >= 15 is 0 Å². The van der Waals surface area contributed by atoms with Crippen molar-refractivity contribution >= 4 is 5.82 Å². The van der Waals surface area contributed by atoms with Crippen molar-refractivity contribution in [3.05, 3.63) is 36.3 Å². The van der Waals surface area contributed by atoms with Gasteiger partial charge < -0.3 is 5.32 Å². The van der Waals surface area contributed by atoms with Crippen LogP contribution in [0.1, 0.15) is 33.4 Å². The molecule has 7 heteroatoms. The van der Waals surface area contributed by atoms with Crippen molar-refractivity contribution in [1.29, 1.82) is 0 Å². The van der Waals surface area contributed by atoms with Crippen molar-refractivity contribution in [2.75, 3.05) is 5.32 Å². The van der Waals surface area contributed by atoms with E-state index in [4.69, 9.17) is 0 Å². The zero-order valence-corrected chi connectivity index (χ0v) is 13.4. The topological polar surface area (TPSA) is 50.7 Å². The molecule has 1 N–H and O–H groups in total. The zero-order chi connectivity index (χ0) is 17.3. The highest BCUT2D eigenvalue weighted by atomic mass is 19.4. The molecule has 2 aromatic rings. The number of hydrogen-bond acceptors (Lipinski definition) is 4. The van der Waals surface area contributed by atoms with Crippen molar-refractivity contribution in [3.63, 3.8) is 0 Å². The number of aromatic nitrogens is 3. The van der Waals surface area contributed by atoms with Gasteiger partial charge in [-0.15, -0.1) is 0 Å². The predicted octanol–water partition coefficient (Wildman–Crippen LogP) is 4.40. The third-order valence-electron chi connectivity index (χ3n) is 3.62. The smallest absolute Gasteiger partial charge is 0.367 e. The predicted molar refractivity (Wildman–Crippen MR) is 82.8 cm³/mol. The lowest BCUT2D eigenvalue weighted by Gasteiger charge is -2.28. The molecule has 124 valence electrons. The van der Waals surface area contributed by atoms with E-state index in [1.165, 1.54) is 12.4 Å². The van der Waals surface area contributed by atoms with Gasteiger partial charge in [-0.3, -0.25) is 4.98 Å². The molecule has 0 aliphatic heterocycles. The molecular weight excluding hydrogens is 305 g/mol. The molecule has 0 spiro atoms. The molecule has 1 unspecified atom stereocenters. The molecule has 1 atom stereocenters. The summed E-state index contributed by atoms with van der Waals surface area (Å²) in [6, 6.07) is 4.02. The minimum absolute atomic E-state index is 0.0193. The number of hydrogen-bond donors (Lipinski definition) is 1. The molecule has 0 aliphatic rings. The van der Waals surface area contributed by atoms with E-state index in [1.807, 2.05) is 27.7 Å². The van der Waals surface area contributed by atoms with Crippen LogP contribution in [0.3, 0.4) is 0 Å². The Kier molecular flexibility index (Phi) is 4.58. The SMILES string of the molecule is CC(Nc1cc(C(F)(F)F)nc(-c2ccncc2)n1)C(C)(C)C. The van der Waals surface area contributed by atoms with Gasteiger partial charge >= 0.3 is 6.18 Å². The highest BCUT2D eigenvalue weighted by Crippen LogP contribution is 2.31. The van der Waals surface area contributed by atoms with Crippen LogP contribution < -0.4 is 5.32 Å². The van der Waals surface area contributed by atoms with Crippen LogP contribution in [0, 0.1) is 5.41 Å². The fourth-order valence-corrected chi connectivity index (χ4v) is 1.73. The summed E-state index contributed by atoms with van der Waals surface area (Å²) in [6.45, 7) is 7.91. The molecule has 0 radical (unpaired) electrons. The first-order chi connectivity index (χ1) is 10.6. The van der Waals surface area contributed by atoms with E-state index < -0.39 is 11.9 Å². The van der Waals surface area contributed by atoms with Gasteiger partial charge in [0.15, 0.2) is 11.5 Å². The average molecular weight is 324 g/mol. The highest BCUT2D eigenvalue weighted by Gasteiger charge is 2.34. The summed E-state index contributed by atoms with van der Waals surface area (Å²) >= 11 is 0. The second kappa shape index (κ2) is 6.14. The first-order valence-corrected chi connectivity index (χ1v) is 7.20. The molecular formula is C16H19F3N4. The quantitative estimate of drug-likeness (QED) is 0.909. The van der Waals surface area contributed by atoms with Crippen molar-refractivity contribution in [1.82, 2.24) is 15.0 Å². The maximum atomic E-state index is 13.1. The largest absolute Gasteiger partial charge is 0.433 e. The Morgan fingerprint density at radius 1 is 1.04 bits per heavy atom. The van der Waals surface area contributed by atoms with E-state index in [2.05, 4.69) is 20.3 Å². The maximum Gasteiger partial charge on any atom is 0.433 e. The van der Waals surface area contributed by atoms with Gasteiger partial charge in [-0.05, 0) is 24.5 Å². The average Bonchev–Trinajstić information content (AvgIpc) is 2.46. The molecule has 0 aromatic carbocycles. The first kappa shape index (κ1) is 17.2. The van der Waals surface area contributed by atoms with E-state index in [9.17, 15) is 13.2 Å². The van der Waals surface area contributed by atoms with E-state index in [1.54, 1.807) is 12.1 Å². The van der Waals surface area contributed by atoms with Crippen LogP contribution in [-0.4, -0.2) is 21.0 Å². The molecule has 2 rings (SSSR count). The molecule has 0 saturated heterocycles. The van der Waals surface area contributed by atoms with Gasteiger partial charge in [0.05, 0.1) is 0 Å². The van der Waals surface area contributed by atoms with E-state index in [0.29, 0.717) is 5.56 Å². The second-order valence-corrected chi connectivity index (χ2v) is 6.43. The molecule has 0 aliphatic carbocycles. The summed E-state index contributed by atoms with van der Waals surface area (Å²) in [6.07, 6.45) is -1.56. The second-order valence-electron chi connectivity index (χ2n) is 6.43. The van der Waals surface area contributed by atoms with Crippen LogP contribution in [0.25, 0.3) is 11.4 Å². The summed E-state index contributed by atoms with van der Waals surface area (Å²) in [5.74, 6) is 0.174. The standard InChI is InChI=1S/C16H19F3N4/c1-10(15(2,3)4)21-13-9-12(16(17,18)19)22-14(23-13)11-5-7-20-8-6-11/h5-10H,1-4H3,(H,21,22,23). The van der Waals surface area contributed by atoms with Gasteiger partial charge in [0, 0.05) is 30.1 Å². The lowest BCUT2D eigenvalue weighted by Crippen LogP contribution is -2.31. The molecule has 4 nitrogen and oxygen atoms in total. The molecule has 0 amide bonds. The number of rotatable bonds is 3. The van der Waals surface area contributed by atoms with Crippen molar-refractivity contribution in [2.24, 2.45) is 5.41 Å². The number of nitrogens with zero attached hydrogens (tertiary/aromatic N) is 3. The Balaban J connectivity index is 2.46. The molecule has 23 heavy (non-hydrogen) atoms. The molecule has 0 saturated carbocycles. The number of alkyl halides is 3. The number of halogens is 3. The monoisotopic (exact) mass is 324 g/mol. The van der Waals surface area contributed by atoms with Gasteiger partial charge in [0.1, 0.15) is 5.82 Å². The Hall–Kier alpha value is -2.18. The van der Waals surface area contributed by atoms with Crippen LogP contribution in [0.15, 0.2) is 30.6 Å². The Labute approximate surface area is 133 Å². The van der Waals surface area contributed by atoms with Crippen molar-refractivity contribution in [3.8, 4) is 11.4 Å². The summed E-state index contributed by atoms with van der Waals surface area (Å²) in [5.41, 5.74) is -0.610. The lowest BCUT2D eigenvalue weighted by atomic mass is 9.88. The number of anilines is 1. The summed E-state index contributed by atoms with van der Waals surface area (Å²) in [5, 5.41) is 3.04. The fraction of sp³-hybridized carbons (Fsp3) is 0.438. The van der Waals surface area contributed by atoms with Gasteiger partial charge in [0.25, 0.3) is 0 Å². The maximum absolute atomic E-state index is 13.1. The van der Waals surface area contributed by atoms with Crippen LogP contribution in [0.2, 0.25) is 0 Å². The van der Waals surface area contributed by atoms with E-state index in [-0.39, 0.29) is 23.1 Å². The van der Waals surface area contributed by atoms with Crippen LogP contribution in [0.5, 0.6) is 0 Å². The van der Waals surface area contributed by atoms with Gasteiger partial charge in [-0.2, -0.15) is 13.2 Å². The van der Waals surface area contributed by atoms with E-state index in [0.717, 1.165) is 6.07 Å². The zero-order valence-electron chi connectivity index (χ0n) is 13.4. The summed E-state index contributed by atoms with van der Waals surface area (Å²) in [4.78, 5) is 11.7. The van der Waals surface area contributed by atoms with Crippen molar-refractivity contribution in [2.45, 2.75) is 39.9 Å². The van der Waals surface area contributed by atoms with Crippen molar-refractivity contribution < 1.29 is 13.2 Å². The normalized spacial score (nSPS) is 13.7. The first-order valence-electron chi connectivity index (χ1n) is 7.20. The van der Waals surface area contributed by atoms with Gasteiger partial charge in [-0.1, -0.05) is 20.8 Å². The van der Waals surface area contributed by atoms with Crippen LogP contribution >= 0.6 is 0 Å².